The van der Waals surface area contributed by atoms with Crippen LogP contribution in [0.25, 0.3) is 10.2 Å². The first-order valence-corrected chi connectivity index (χ1v) is 9.39. The van der Waals surface area contributed by atoms with Gasteiger partial charge in [0.2, 0.25) is 0 Å². The molecule has 1 saturated heterocycles. The Morgan fingerprint density at radius 2 is 1.84 bits per heavy atom. The summed E-state index contributed by atoms with van der Waals surface area (Å²) in [6.45, 7) is 3.43. The summed E-state index contributed by atoms with van der Waals surface area (Å²) < 4.78 is 7.21. The molecule has 1 aromatic heterocycles. The van der Waals surface area contributed by atoms with Gasteiger partial charge in [-0.3, -0.25) is 4.79 Å². The third kappa shape index (κ3) is 3.37. The third-order valence-corrected chi connectivity index (χ3v) is 5.57. The van der Waals surface area contributed by atoms with Gasteiger partial charge in [0.05, 0.1) is 10.2 Å². The first-order valence-electron chi connectivity index (χ1n) is 8.58. The number of aromatic nitrogens is 1. The van der Waals surface area contributed by atoms with E-state index in [0.29, 0.717) is 0 Å². The maximum atomic E-state index is 12.7. The Labute approximate surface area is 151 Å². The molecule has 0 saturated carbocycles. The van der Waals surface area contributed by atoms with Gasteiger partial charge in [0.15, 0.2) is 0 Å². The maximum Gasteiger partial charge on any atom is 0.274 e. The number of nitrogens with zero attached hydrogens (tertiary/aromatic N) is 2. The molecule has 0 radical (unpaired) electrons. The topological polar surface area (TPSA) is 42.4 Å². The van der Waals surface area contributed by atoms with Crippen molar-refractivity contribution < 1.29 is 9.53 Å². The van der Waals surface area contributed by atoms with Gasteiger partial charge in [-0.05, 0) is 30.7 Å². The highest BCUT2D eigenvalue weighted by molar-refractivity contribution is 7.20. The van der Waals surface area contributed by atoms with E-state index in [0.717, 1.165) is 52.5 Å². The van der Waals surface area contributed by atoms with Crippen LogP contribution in [0.3, 0.4) is 0 Å². The molecule has 25 heavy (non-hydrogen) atoms. The van der Waals surface area contributed by atoms with Gasteiger partial charge < -0.3 is 9.64 Å². The van der Waals surface area contributed by atoms with Gasteiger partial charge in [0, 0.05) is 31.5 Å². The number of aryl methyl sites for hydroxylation is 1. The van der Waals surface area contributed by atoms with E-state index in [-0.39, 0.29) is 12.0 Å². The first-order chi connectivity index (χ1) is 12.2. The second kappa shape index (κ2) is 6.84. The van der Waals surface area contributed by atoms with E-state index in [1.165, 1.54) is 0 Å². The second-order valence-corrected chi connectivity index (χ2v) is 7.37. The fraction of sp³-hybridized carbons (Fsp3) is 0.300. The highest BCUT2D eigenvalue weighted by atomic mass is 32.1. The number of likely N-dealkylation sites (tertiary alicyclic amines) is 1. The molecule has 1 aliphatic heterocycles. The molecule has 0 unspecified atom stereocenters. The molecule has 3 aromatic rings. The highest BCUT2D eigenvalue weighted by Crippen LogP contribution is 2.29. The SMILES string of the molecule is Cc1ccccc1C(=O)N1CCC(Oc2nc3ccccc3s2)CC1. The number of amides is 1. The Balaban J connectivity index is 1.38. The Morgan fingerprint density at radius 1 is 1.12 bits per heavy atom. The fourth-order valence-electron chi connectivity index (χ4n) is 3.20. The van der Waals surface area contributed by atoms with Gasteiger partial charge in [-0.1, -0.05) is 41.7 Å². The minimum absolute atomic E-state index is 0.122. The van der Waals surface area contributed by atoms with Crippen LogP contribution in [0.15, 0.2) is 48.5 Å². The van der Waals surface area contributed by atoms with Gasteiger partial charge in [-0.15, -0.1) is 0 Å². The van der Waals surface area contributed by atoms with Crippen molar-refractivity contribution >= 4 is 27.5 Å². The number of para-hydroxylation sites is 1. The highest BCUT2D eigenvalue weighted by Gasteiger charge is 2.26. The van der Waals surface area contributed by atoms with E-state index >= 15 is 0 Å². The minimum atomic E-state index is 0.122. The molecule has 0 N–H and O–H groups in total. The van der Waals surface area contributed by atoms with Crippen LogP contribution in [0.4, 0.5) is 0 Å². The average molecular weight is 352 g/mol. The van der Waals surface area contributed by atoms with E-state index in [1.54, 1.807) is 11.3 Å². The number of rotatable bonds is 3. The summed E-state index contributed by atoms with van der Waals surface area (Å²) in [5.74, 6) is 0.122. The summed E-state index contributed by atoms with van der Waals surface area (Å²) in [7, 11) is 0. The minimum Gasteiger partial charge on any atom is -0.467 e. The molecule has 0 aliphatic carbocycles. The van der Waals surface area contributed by atoms with Crippen LogP contribution in [-0.4, -0.2) is 35.0 Å². The summed E-state index contributed by atoms with van der Waals surface area (Å²) in [6, 6.07) is 15.8. The molecule has 0 atom stereocenters. The predicted molar refractivity (Wildman–Crippen MR) is 100 cm³/mol. The van der Waals surface area contributed by atoms with Crippen LogP contribution >= 0.6 is 11.3 Å². The van der Waals surface area contributed by atoms with E-state index in [2.05, 4.69) is 11.1 Å². The van der Waals surface area contributed by atoms with Crippen LogP contribution in [-0.2, 0) is 0 Å². The van der Waals surface area contributed by atoms with Crippen molar-refractivity contribution in [3.05, 3.63) is 59.7 Å². The number of carbonyl (C=O) groups is 1. The lowest BCUT2D eigenvalue weighted by atomic mass is 10.0. The van der Waals surface area contributed by atoms with Crippen molar-refractivity contribution in [2.45, 2.75) is 25.9 Å². The number of fused-ring (bicyclic) bond motifs is 1. The normalized spacial score (nSPS) is 15.5. The zero-order chi connectivity index (χ0) is 17.2. The molecule has 2 heterocycles. The molecule has 1 fully saturated rings. The number of piperidine rings is 1. The van der Waals surface area contributed by atoms with Crippen molar-refractivity contribution in [1.29, 1.82) is 0 Å². The van der Waals surface area contributed by atoms with Crippen LogP contribution in [0.2, 0.25) is 0 Å². The first kappa shape index (κ1) is 16.1. The van der Waals surface area contributed by atoms with Gasteiger partial charge in [0.25, 0.3) is 11.1 Å². The summed E-state index contributed by atoms with van der Waals surface area (Å²) in [4.78, 5) is 19.1. The van der Waals surface area contributed by atoms with E-state index in [1.807, 2.05) is 54.3 Å². The number of hydrogen-bond acceptors (Lipinski definition) is 4. The monoisotopic (exact) mass is 352 g/mol. The number of hydrogen-bond donors (Lipinski definition) is 0. The zero-order valence-electron chi connectivity index (χ0n) is 14.1. The lowest BCUT2D eigenvalue weighted by molar-refractivity contribution is 0.0595. The molecule has 5 heteroatoms. The largest absolute Gasteiger partial charge is 0.467 e. The van der Waals surface area contributed by atoms with Gasteiger partial charge in [0.1, 0.15) is 6.10 Å². The Kier molecular flexibility index (Phi) is 4.40. The predicted octanol–water partition coefficient (Wildman–Crippen LogP) is 4.29. The molecule has 1 amide bonds. The summed E-state index contributed by atoms with van der Waals surface area (Å²) >= 11 is 1.58. The lowest BCUT2D eigenvalue weighted by Gasteiger charge is -2.32. The number of carbonyl (C=O) groups excluding carboxylic acids is 1. The van der Waals surface area contributed by atoms with Gasteiger partial charge >= 0.3 is 0 Å². The second-order valence-electron chi connectivity index (χ2n) is 6.37. The van der Waals surface area contributed by atoms with Crippen molar-refractivity contribution in [3.8, 4) is 5.19 Å². The fourth-order valence-corrected chi connectivity index (χ4v) is 4.09. The van der Waals surface area contributed by atoms with E-state index in [4.69, 9.17) is 4.74 Å². The standard InChI is InChI=1S/C20H20N2O2S/c1-14-6-2-3-7-16(14)19(23)22-12-10-15(11-13-22)24-20-21-17-8-4-5-9-18(17)25-20/h2-9,15H,10-13H2,1H3. The lowest BCUT2D eigenvalue weighted by Crippen LogP contribution is -2.42. The molecule has 4 rings (SSSR count). The number of thiazole rings is 1. The van der Waals surface area contributed by atoms with Crippen LogP contribution in [0.1, 0.15) is 28.8 Å². The van der Waals surface area contributed by atoms with Crippen molar-refractivity contribution in [2.75, 3.05) is 13.1 Å². The van der Waals surface area contributed by atoms with Crippen LogP contribution in [0.5, 0.6) is 5.19 Å². The van der Waals surface area contributed by atoms with Gasteiger partial charge in [-0.25, -0.2) is 4.98 Å². The Hall–Kier alpha value is -2.40. The molecule has 128 valence electrons. The van der Waals surface area contributed by atoms with Gasteiger partial charge in [-0.2, -0.15) is 0 Å². The Bertz CT molecular complexity index is 864. The molecule has 0 bridgehead atoms. The molecular formula is C20H20N2O2S. The van der Waals surface area contributed by atoms with Crippen molar-refractivity contribution in [1.82, 2.24) is 9.88 Å². The van der Waals surface area contributed by atoms with Crippen LogP contribution < -0.4 is 4.74 Å². The van der Waals surface area contributed by atoms with Crippen LogP contribution in [0, 0.1) is 6.92 Å². The molecule has 2 aromatic carbocycles. The third-order valence-electron chi connectivity index (χ3n) is 4.65. The Morgan fingerprint density at radius 3 is 2.60 bits per heavy atom. The van der Waals surface area contributed by atoms with E-state index in [9.17, 15) is 4.79 Å². The zero-order valence-corrected chi connectivity index (χ0v) is 15.0. The summed E-state index contributed by atoms with van der Waals surface area (Å²) in [5, 5.41) is 0.727. The maximum absolute atomic E-state index is 12.7. The molecule has 4 nitrogen and oxygen atoms in total. The summed E-state index contributed by atoms with van der Waals surface area (Å²) in [5.41, 5.74) is 2.81. The van der Waals surface area contributed by atoms with E-state index < -0.39 is 0 Å². The quantitative estimate of drug-likeness (QED) is 0.706. The summed E-state index contributed by atoms with van der Waals surface area (Å²) in [6.07, 6.45) is 1.81. The smallest absolute Gasteiger partial charge is 0.274 e. The number of ether oxygens (including phenoxy) is 1. The average Bonchev–Trinajstić information content (AvgIpc) is 3.04. The van der Waals surface area contributed by atoms with Crippen molar-refractivity contribution in [2.24, 2.45) is 0 Å². The molecular weight excluding hydrogens is 332 g/mol. The molecule has 1 aliphatic rings. The molecule has 0 spiro atoms. The number of benzene rings is 2. The van der Waals surface area contributed by atoms with Crippen molar-refractivity contribution in [3.63, 3.8) is 0 Å².